The highest BCUT2D eigenvalue weighted by Gasteiger charge is 2.79. The van der Waals surface area contributed by atoms with Gasteiger partial charge in [-0.15, -0.1) is 0 Å². The van der Waals surface area contributed by atoms with E-state index in [-0.39, 0.29) is 0 Å². The normalized spacial score (nSPS) is 39.4. The molecule has 122 valence electrons. The fourth-order valence-electron chi connectivity index (χ4n) is 6.10. The minimum Gasteiger partial charge on any atom is -0.306 e. The van der Waals surface area contributed by atoms with Gasteiger partial charge in [0.1, 0.15) is 0 Å². The van der Waals surface area contributed by atoms with E-state index in [4.69, 9.17) is 9.05 Å². The van der Waals surface area contributed by atoms with Crippen molar-refractivity contribution in [3.63, 3.8) is 0 Å². The lowest BCUT2D eigenvalue weighted by atomic mass is 9.90. The van der Waals surface area contributed by atoms with Gasteiger partial charge in [-0.2, -0.15) is 0 Å². The SMILES string of the molecule is CCOP(=O)(OCC)C1=C(c2ccccc2)[C@@H]2C3C4[C@@H]3C[C@@H]2[C@@H]14. The quantitative estimate of drug-likeness (QED) is 0.703. The summed E-state index contributed by atoms with van der Waals surface area (Å²) in [6, 6.07) is 10.5. The molecule has 4 fully saturated rings. The van der Waals surface area contributed by atoms with Crippen molar-refractivity contribution in [2.45, 2.75) is 20.3 Å². The summed E-state index contributed by atoms with van der Waals surface area (Å²) in [5.74, 6) is 4.23. The first kappa shape index (κ1) is 14.5. The summed E-state index contributed by atoms with van der Waals surface area (Å²) in [6.45, 7) is 4.67. The van der Waals surface area contributed by atoms with Gasteiger partial charge >= 0.3 is 7.60 Å². The van der Waals surface area contributed by atoms with Crippen LogP contribution in [0.25, 0.3) is 5.57 Å². The van der Waals surface area contributed by atoms with Crippen molar-refractivity contribution in [2.24, 2.45) is 35.5 Å². The molecule has 3 nitrogen and oxygen atoms in total. The average Bonchev–Trinajstić information content (AvgIpc) is 2.89. The van der Waals surface area contributed by atoms with Crippen LogP contribution in [-0.2, 0) is 13.6 Å². The van der Waals surface area contributed by atoms with Crippen LogP contribution >= 0.6 is 7.60 Å². The molecule has 0 aromatic heterocycles. The molecule has 6 atom stereocenters. The van der Waals surface area contributed by atoms with Gasteiger partial charge in [0, 0.05) is 5.31 Å². The second-order valence-corrected chi connectivity index (χ2v) is 9.26. The zero-order valence-electron chi connectivity index (χ0n) is 13.6. The minimum atomic E-state index is -3.17. The number of hydrogen-bond acceptors (Lipinski definition) is 3. The van der Waals surface area contributed by atoms with Crippen LogP contribution in [0.1, 0.15) is 25.8 Å². The van der Waals surface area contributed by atoms with Crippen LogP contribution in [0.2, 0.25) is 0 Å². The molecule has 6 rings (SSSR count). The van der Waals surface area contributed by atoms with Gasteiger partial charge in [0.05, 0.1) is 13.2 Å². The van der Waals surface area contributed by atoms with Gasteiger partial charge in [-0.25, -0.2) is 0 Å². The molecule has 4 saturated carbocycles. The molecule has 0 aliphatic heterocycles. The largest absolute Gasteiger partial charge is 0.357 e. The Morgan fingerprint density at radius 2 is 1.65 bits per heavy atom. The van der Waals surface area contributed by atoms with E-state index in [0.717, 1.165) is 23.1 Å². The molecular formula is C19H23O3P. The Morgan fingerprint density at radius 3 is 2.26 bits per heavy atom. The third-order valence-electron chi connectivity index (χ3n) is 6.49. The zero-order chi connectivity index (χ0) is 15.8. The van der Waals surface area contributed by atoms with Gasteiger partial charge in [-0.05, 0) is 66.9 Å². The number of benzene rings is 1. The highest BCUT2D eigenvalue weighted by Crippen LogP contribution is 2.87. The lowest BCUT2D eigenvalue weighted by Gasteiger charge is -2.26. The van der Waals surface area contributed by atoms with Crippen LogP contribution in [0.3, 0.4) is 0 Å². The van der Waals surface area contributed by atoms with Gasteiger partial charge in [-0.3, -0.25) is 4.57 Å². The predicted molar refractivity (Wildman–Crippen MR) is 89.8 cm³/mol. The Kier molecular flexibility index (Phi) is 3.03. The highest BCUT2D eigenvalue weighted by atomic mass is 31.2. The van der Waals surface area contributed by atoms with Gasteiger partial charge in [0.15, 0.2) is 0 Å². The second kappa shape index (κ2) is 4.81. The van der Waals surface area contributed by atoms with E-state index in [9.17, 15) is 4.57 Å². The molecule has 0 saturated heterocycles. The van der Waals surface area contributed by atoms with Crippen LogP contribution in [0, 0.1) is 35.5 Å². The van der Waals surface area contributed by atoms with E-state index in [2.05, 4.69) is 24.3 Å². The molecule has 0 spiro atoms. The lowest BCUT2D eigenvalue weighted by molar-refractivity contribution is 0.222. The first-order valence-electron chi connectivity index (χ1n) is 8.90. The Balaban J connectivity index is 1.69. The van der Waals surface area contributed by atoms with Crippen LogP contribution < -0.4 is 0 Å². The predicted octanol–water partition coefficient (Wildman–Crippen LogP) is 4.81. The molecule has 6 bridgehead atoms. The number of rotatable bonds is 6. The van der Waals surface area contributed by atoms with Crippen molar-refractivity contribution in [2.75, 3.05) is 13.2 Å². The van der Waals surface area contributed by atoms with E-state index in [1.54, 1.807) is 0 Å². The molecule has 5 aliphatic rings. The van der Waals surface area contributed by atoms with Crippen molar-refractivity contribution in [3.05, 3.63) is 41.2 Å². The van der Waals surface area contributed by atoms with E-state index >= 15 is 0 Å². The molecule has 4 heteroatoms. The molecule has 0 N–H and O–H groups in total. The summed E-state index contributed by atoms with van der Waals surface area (Å²) in [5, 5.41) is 1.05. The maximum atomic E-state index is 13.6. The highest BCUT2D eigenvalue weighted by molar-refractivity contribution is 7.58. The van der Waals surface area contributed by atoms with Crippen LogP contribution in [0.5, 0.6) is 0 Å². The van der Waals surface area contributed by atoms with Crippen LogP contribution in [0.15, 0.2) is 35.6 Å². The Morgan fingerprint density at radius 1 is 1.00 bits per heavy atom. The maximum absolute atomic E-state index is 13.6. The van der Waals surface area contributed by atoms with Crippen molar-refractivity contribution in [1.29, 1.82) is 0 Å². The fourth-order valence-corrected chi connectivity index (χ4v) is 8.44. The smallest absolute Gasteiger partial charge is 0.306 e. The second-order valence-electron chi connectivity index (χ2n) is 7.27. The molecule has 0 radical (unpaired) electrons. The molecule has 1 aromatic carbocycles. The average molecular weight is 330 g/mol. The molecule has 5 aliphatic carbocycles. The first-order valence-corrected chi connectivity index (χ1v) is 10.4. The third-order valence-corrected chi connectivity index (χ3v) is 8.82. The monoisotopic (exact) mass is 330 g/mol. The maximum Gasteiger partial charge on any atom is 0.357 e. The summed E-state index contributed by atoms with van der Waals surface area (Å²) in [4.78, 5) is 0. The summed E-state index contributed by atoms with van der Waals surface area (Å²) in [7, 11) is -3.17. The molecule has 0 amide bonds. The van der Waals surface area contributed by atoms with E-state index in [1.165, 1.54) is 17.6 Å². The topological polar surface area (TPSA) is 35.5 Å². The van der Waals surface area contributed by atoms with E-state index in [1.807, 2.05) is 19.9 Å². The molecule has 2 unspecified atom stereocenters. The summed E-state index contributed by atoms with van der Waals surface area (Å²) >= 11 is 0. The molecule has 0 heterocycles. The zero-order valence-corrected chi connectivity index (χ0v) is 14.5. The van der Waals surface area contributed by atoms with Gasteiger partial charge in [-0.1, -0.05) is 30.3 Å². The lowest BCUT2D eigenvalue weighted by Crippen LogP contribution is -2.10. The van der Waals surface area contributed by atoms with Crippen LogP contribution in [-0.4, -0.2) is 13.2 Å². The van der Waals surface area contributed by atoms with Gasteiger partial charge < -0.3 is 9.05 Å². The Hall–Kier alpha value is -0.890. The van der Waals surface area contributed by atoms with Crippen molar-refractivity contribution in [1.82, 2.24) is 0 Å². The van der Waals surface area contributed by atoms with Gasteiger partial charge in [0.2, 0.25) is 0 Å². The standard InChI is InChI=1S/C19H23O3P/c1-3-21-23(20,22-4-2)19-14(11-8-6-5-7-9-11)15-13-10-12-16(15)17(12)18(13)19/h5-9,12-13,15-18H,3-4,10H2,1-2H3/t12-,13+,15-,16?,17?,18-/m1/s1. The van der Waals surface area contributed by atoms with Crippen LogP contribution in [0.4, 0.5) is 0 Å². The molecule has 1 aromatic rings. The number of allylic oxidation sites excluding steroid dienone is 2. The summed E-state index contributed by atoms with van der Waals surface area (Å²) in [5.41, 5.74) is 2.54. The van der Waals surface area contributed by atoms with Crippen molar-refractivity contribution < 1.29 is 13.6 Å². The molecular weight excluding hydrogens is 307 g/mol. The van der Waals surface area contributed by atoms with E-state index in [0.29, 0.717) is 31.0 Å². The third kappa shape index (κ3) is 1.71. The summed E-state index contributed by atoms with van der Waals surface area (Å²) in [6.07, 6.45) is 1.32. The van der Waals surface area contributed by atoms with Crippen molar-refractivity contribution >= 4 is 13.2 Å². The van der Waals surface area contributed by atoms with E-state index < -0.39 is 7.60 Å². The minimum absolute atomic E-state index is 0.433. The Labute approximate surface area is 137 Å². The van der Waals surface area contributed by atoms with Gasteiger partial charge in [0.25, 0.3) is 0 Å². The summed E-state index contributed by atoms with van der Waals surface area (Å²) < 4.78 is 25.1. The Bertz CT molecular complexity index is 715. The number of hydrogen-bond donors (Lipinski definition) is 0. The fraction of sp³-hybridized carbons (Fsp3) is 0.579. The van der Waals surface area contributed by atoms with Crippen molar-refractivity contribution in [3.8, 4) is 0 Å². The first-order chi connectivity index (χ1) is 11.2. The molecule has 23 heavy (non-hydrogen) atoms.